The Morgan fingerprint density at radius 1 is 1.12 bits per heavy atom. The third kappa shape index (κ3) is 6.32. The lowest BCUT2D eigenvalue weighted by molar-refractivity contribution is 0.0282. The zero-order valence-electron chi connectivity index (χ0n) is 25.6. The number of rotatable bonds is 8. The van der Waals surface area contributed by atoms with Crippen LogP contribution in [0.15, 0.2) is 29.4 Å². The van der Waals surface area contributed by atoms with Crippen LogP contribution in [0.5, 0.6) is 0 Å². The standard InChI is InChI=1S/C29H40N8O3S/c1-17(2)35(9)24-14-19-20(22(31-24)16-34(8)28(39)40-29(5,6)7)15-36(26(19)38)23-13-11-12-21(30-23)25-32-33-27(41-10)37(25)18(3)4/h11-14,17-18H,15-16H2,1-10H3. The molecule has 0 fully saturated rings. The number of fused-ring (bicyclic) bond motifs is 1. The summed E-state index contributed by atoms with van der Waals surface area (Å²) in [5, 5.41) is 9.53. The molecule has 0 bridgehead atoms. The first kappa shape index (κ1) is 30.3. The largest absolute Gasteiger partial charge is 0.444 e. The van der Waals surface area contributed by atoms with E-state index in [1.807, 2.05) is 67.8 Å². The van der Waals surface area contributed by atoms with Gasteiger partial charge in [0.25, 0.3) is 5.91 Å². The van der Waals surface area contributed by atoms with Crippen molar-refractivity contribution in [2.75, 3.05) is 30.2 Å². The van der Waals surface area contributed by atoms with Crippen molar-refractivity contribution in [3.05, 3.63) is 41.1 Å². The molecule has 0 saturated carbocycles. The van der Waals surface area contributed by atoms with Crippen LogP contribution >= 0.6 is 11.8 Å². The van der Waals surface area contributed by atoms with Gasteiger partial charge in [0.05, 0.1) is 24.3 Å². The monoisotopic (exact) mass is 580 g/mol. The van der Waals surface area contributed by atoms with Gasteiger partial charge in [-0.15, -0.1) is 10.2 Å². The topological polar surface area (TPSA) is 110 Å². The summed E-state index contributed by atoms with van der Waals surface area (Å²) in [4.78, 5) is 41.6. The van der Waals surface area contributed by atoms with Crippen LogP contribution < -0.4 is 9.80 Å². The van der Waals surface area contributed by atoms with Crippen molar-refractivity contribution in [2.24, 2.45) is 0 Å². The van der Waals surface area contributed by atoms with E-state index in [4.69, 9.17) is 14.7 Å². The lowest BCUT2D eigenvalue weighted by atomic mass is 10.1. The molecule has 0 atom stereocenters. The molecule has 4 heterocycles. The number of hydrogen-bond acceptors (Lipinski definition) is 9. The molecule has 0 spiro atoms. The highest BCUT2D eigenvalue weighted by atomic mass is 32.2. The molecule has 1 aliphatic rings. The Hall–Kier alpha value is -3.67. The molecular formula is C29H40N8O3S. The Morgan fingerprint density at radius 3 is 2.44 bits per heavy atom. The van der Waals surface area contributed by atoms with Crippen molar-refractivity contribution in [3.8, 4) is 11.5 Å². The molecular weight excluding hydrogens is 540 g/mol. The maximum absolute atomic E-state index is 13.9. The third-order valence-corrected chi connectivity index (χ3v) is 7.46. The summed E-state index contributed by atoms with van der Waals surface area (Å²) < 4.78 is 7.60. The van der Waals surface area contributed by atoms with Crippen molar-refractivity contribution in [1.82, 2.24) is 29.6 Å². The van der Waals surface area contributed by atoms with Gasteiger partial charge in [0.2, 0.25) is 0 Å². The second-order valence-corrected chi connectivity index (χ2v) is 12.5. The van der Waals surface area contributed by atoms with Crippen molar-refractivity contribution in [2.45, 2.75) is 84.4 Å². The minimum atomic E-state index is -0.625. The minimum Gasteiger partial charge on any atom is -0.444 e. The molecule has 1 aliphatic heterocycles. The second kappa shape index (κ2) is 11.7. The van der Waals surface area contributed by atoms with Crippen molar-refractivity contribution in [3.63, 3.8) is 0 Å². The fourth-order valence-corrected chi connectivity index (χ4v) is 5.11. The number of ether oxygens (including phenoxy) is 1. The number of amides is 2. The number of thioether (sulfide) groups is 1. The van der Waals surface area contributed by atoms with Gasteiger partial charge in [-0.25, -0.2) is 14.8 Å². The van der Waals surface area contributed by atoms with Crippen LogP contribution in [-0.4, -0.2) is 73.6 Å². The van der Waals surface area contributed by atoms with Gasteiger partial charge < -0.3 is 14.5 Å². The average molecular weight is 581 g/mol. The van der Waals surface area contributed by atoms with E-state index in [1.165, 1.54) is 16.7 Å². The highest BCUT2D eigenvalue weighted by molar-refractivity contribution is 7.98. The molecule has 3 aromatic heterocycles. The first-order valence-corrected chi connectivity index (χ1v) is 14.9. The van der Waals surface area contributed by atoms with E-state index in [2.05, 4.69) is 37.9 Å². The molecule has 0 aliphatic carbocycles. The molecule has 11 nitrogen and oxygen atoms in total. The molecule has 0 aromatic carbocycles. The fraction of sp³-hybridized carbons (Fsp3) is 0.517. The summed E-state index contributed by atoms with van der Waals surface area (Å²) in [6.07, 6.45) is 1.51. The Kier molecular flexibility index (Phi) is 8.62. The smallest absolute Gasteiger partial charge is 0.410 e. The number of pyridine rings is 2. The van der Waals surface area contributed by atoms with Crippen LogP contribution in [-0.2, 0) is 17.8 Å². The Morgan fingerprint density at radius 2 is 1.83 bits per heavy atom. The summed E-state index contributed by atoms with van der Waals surface area (Å²) in [5.41, 5.74) is 1.98. The first-order chi connectivity index (χ1) is 19.2. The lowest BCUT2D eigenvalue weighted by Crippen LogP contribution is -2.34. The van der Waals surface area contributed by atoms with Gasteiger partial charge >= 0.3 is 6.09 Å². The average Bonchev–Trinajstić information content (AvgIpc) is 3.49. The molecule has 2 amide bonds. The predicted molar refractivity (Wildman–Crippen MR) is 161 cm³/mol. The molecule has 0 radical (unpaired) electrons. The molecule has 41 heavy (non-hydrogen) atoms. The molecule has 3 aromatic rings. The number of carbonyl (C=O) groups is 2. The van der Waals surface area contributed by atoms with Gasteiger partial charge in [-0.05, 0) is 72.9 Å². The molecule has 0 saturated heterocycles. The molecule has 4 rings (SSSR count). The van der Waals surface area contributed by atoms with E-state index in [0.29, 0.717) is 34.4 Å². The van der Waals surface area contributed by atoms with Crippen LogP contribution in [0, 0.1) is 0 Å². The fourth-order valence-electron chi connectivity index (χ4n) is 4.50. The minimum absolute atomic E-state index is 0.137. The van der Waals surface area contributed by atoms with Gasteiger partial charge in [0.15, 0.2) is 11.0 Å². The van der Waals surface area contributed by atoms with Crippen molar-refractivity contribution >= 4 is 35.4 Å². The summed E-state index contributed by atoms with van der Waals surface area (Å²) >= 11 is 1.53. The van der Waals surface area contributed by atoms with E-state index in [-0.39, 0.29) is 31.1 Å². The van der Waals surface area contributed by atoms with Gasteiger partial charge in [-0.2, -0.15) is 0 Å². The summed E-state index contributed by atoms with van der Waals surface area (Å²) in [5.74, 6) is 1.66. The summed E-state index contributed by atoms with van der Waals surface area (Å²) in [6, 6.07) is 7.70. The summed E-state index contributed by atoms with van der Waals surface area (Å²) in [6.45, 7) is 14.2. The van der Waals surface area contributed by atoms with E-state index < -0.39 is 11.7 Å². The second-order valence-electron chi connectivity index (χ2n) is 11.7. The van der Waals surface area contributed by atoms with Gasteiger partial charge in [-0.3, -0.25) is 14.3 Å². The van der Waals surface area contributed by atoms with E-state index >= 15 is 0 Å². The Labute approximate surface area is 246 Å². The van der Waals surface area contributed by atoms with Gasteiger partial charge in [-0.1, -0.05) is 17.8 Å². The van der Waals surface area contributed by atoms with Crippen LogP contribution in [0.1, 0.15) is 76.1 Å². The first-order valence-electron chi connectivity index (χ1n) is 13.7. The zero-order chi connectivity index (χ0) is 30.2. The maximum Gasteiger partial charge on any atom is 0.410 e. The van der Waals surface area contributed by atoms with Crippen molar-refractivity contribution < 1.29 is 14.3 Å². The SMILES string of the molecule is CSc1nnc(-c2cccc(N3Cc4c(cc(N(C)C(C)C)nc4CN(C)C(=O)OC(C)(C)C)C3=O)n2)n1C(C)C. The lowest BCUT2D eigenvalue weighted by Gasteiger charge is -2.26. The molecule has 0 N–H and O–H groups in total. The number of aromatic nitrogens is 5. The molecule has 220 valence electrons. The normalized spacial score (nSPS) is 13.3. The highest BCUT2D eigenvalue weighted by Crippen LogP contribution is 2.34. The van der Waals surface area contributed by atoms with E-state index in [0.717, 1.165) is 10.7 Å². The number of nitrogens with zero attached hydrogens (tertiary/aromatic N) is 8. The predicted octanol–water partition coefficient (Wildman–Crippen LogP) is 5.41. The van der Waals surface area contributed by atoms with Crippen LogP contribution in [0.3, 0.4) is 0 Å². The summed E-state index contributed by atoms with van der Waals surface area (Å²) in [7, 11) is 3.62. The number of anilines is 2. The van der Waals surface area contributed by atoms with Crippen LogP contribution in [0.4, 0.5) is 16.4 Å². The zero-order valence-corrected chi connectivity index (χ0v) is 26.4. The molecule has 0 unspecified atom stereocenters. The maximum atomic E-state index is 13.9. The van der Waals surface area contributed by atoms with Crippen LogP contribution in [0.2, 0.25) is 0 Å². The van der Waals surface area contributed by atoms with Gasteiger partial charge in [0, 0.05) is 31.7 Å². The number of carbonyl (C=O) groups excluding carboxylic acids is 2. The quantitative estimate of drug-likeness (QED) is 0.323. The van der Waals surface area contributed by atoms with Gasteiger partial charge in [0.1, 0.15) is 22.9 Å². The highest BCUT2D eigenvalue weighted by Gasteiger charge is 2.34. The molecule has 12 heteroatoms. The van der Waals surface area contributed by atoms with Crippen molar-refractivity contribution in [1.29, 1.82) is 0 Å². The van der Waals surface area contributed by atoms with E-state index in [9.17, 15) is 9.59 Å². The van der Waals surface area contributed by atoms with E-state index in [1.54, 1.807) is 11.9 Å². The Bertz CT molecular complexity index is 1450. The van der Waals surface area contributed by atoms with Crippen LogP contribution in [0.25, 0.3) is 11.5 Å². The third-order valence-electron chi connectivity index (χ3n) is 6.82. The number of hydrogen-bond donors (Lipinski definition) is 0. The Balaban J connectivity index is 1.72.